The molecule has 0 spiro atoms. The van der Waals surface area contributed by atoms with Gasteiger partial charge in [0.2, 0.25) is 17.7 Å². The van der Waals surface area contributed by atoms with E-state index in [0.29, 0.717) is 24.9 Å². The fraction of sp³-hybridized carbons (Fsp3) is 0.397. The molecule has 0 fully saturated rings. The fourth-order valence-corrected chi connectivity index (χ4v) is 8.78. The zero-order valence-corrected chi connectivity index (χ0v) is 47.2. The highest BCUT2D eigenvalue weighted by molar-refractivity contribution is 5.91. The van der Waals surface area contributed by atoms with E-state index in [1.165, 1.54) is 0 Å². The molecule has 3 atom stereocenters. The maximum absolute atomic E-state index is 14.0. The molecule has 83 heavy (non-hydrogen) atoms. The lowest BCUT2D eigenvalue weighted by atomic mass is 9.98. The average Bonchev–Trinajstić information content (AvgIpc) is 4.07. The van der Waals surface area contributed by atoms with Crippen LogP contribution < -0.4 is 26.6 Å². The Morgan fingerprint density at radius 1 is 0.470 bits per heavy atom. The molecular weight excluding hydrogens is 1070 g/mol. The Labute approximate surface area is 484 Å². The molecule has 3 unspecified atom stereocenters. The van der Waals surface area contributed by atoms with E-state index in [1.807, 2.05) is 60.7 Å². The molecule has 20 heteroatoms. The van der Waals surface area contributed by atoms with E-state index in [2.05, 4.69) is 26.6 Å². The molecule has 20 nitrogen and oxygen atoms in total. The number of carbonyl (C=O) groups excluding carboxylic acids is 8. The number of alkyl carbamates (subject to hydrolysis) is 2. The van der Waals surface area contributed by atoms with E-state index in [1.54, 1.807) is 99.6 Å². The molecule has 0 saturated carbocycles. The Hall–Kier alpha value is -8.62. The maximum atomic E-state index is 14.0. The van der Waals surface area contributed by atoms with E-state index in [9.17, 15) is 38.4 Å². The first-order valence-corrected chi connectivity index (χ1v) is 27.8. The van der Waals surface area contributed by atoms with E-state index in [0.717, 1.165) is 33.4 Å². The molecule has 6 rings (SSSR count). The van der Waals surface area contributed by atoms with Gasteiger partial charge in [0.15, 0.2) is 0 Å². The molecule has 5 amide bonds. The molecule has 1 aliphatic rings. The molecule has 442 valence electrons. The molecule has 5 aromatic rings. The fourth-order valence-electron chi connectivity index (χ4n) is 8.78. The molecule has 1 aliphatic carbocycles. The van der Waals surface area contributed by atoms with Crippen LogP contribution in [0.4, 0.5) is 9.59 Å². The third-order valence-electron chi connectivity index (χ3n) is 12.9. The largest absolute Gasteiger partial charge is 0.461 e. The summed E-state index contributed by atoms with van der Waals surface area (Å²) in [6, 6.07) is 39.1. The second-order valence-corrected chi connectivity index (χ2v) is 20.5. The van der Waals surface area contributed by atoms with Gasteiger partial charge in [0, 0.05) is 31.8 Å². The second kappa shape index (κ2) is 34.0. The normalized spacial score (nSPS) is 12.7. The zero-order valence-electron chi connectivity index (χ0n) is 47.2. The first-order chi connectivity index (χ1) is 40.1. The number of esters is 3. The van der Waals surface area contributed by atoms with Gasteiger partial charge in [0.1, 0.15) is 56.8 Å². The van der Waals surface area contributed by atoms with E-state index in [-0.39, 0.29) is 90.8 Å². The van der Waals surface area contributed by atoms with Crippen LogP contribution in [0, 0.1) is 0 Å². The minimum Gasteiger partial charge on any atom is -0.461 e. The molecule has 0 saturated heterocycles. The lowest BCUT2D eigenvalue weighted by molar-refractivity contribution is -0.151. The number of fused-ring (bicyclic) bond motifs is 3. The van der Waals surface area contributed by atoms with Gasteiger partial charge < -0.3 is 59.7 Å². The van der Waals surface area contributed by atoms with Crippen molar-refractivity contribution in [1.29, 1.82) is 0 Å². The minimum absolute atomic E-state index is 0.00467. The third kappa shape index (κ3) is 23.0. The van der Waals surface area contributed by atoms with Crippen LogP contribution >= 0.6 is 0 Å². The number of benzene rings is 5. The zero-order chi connectivity index (χ0) is 59.2. The first kappa shape index (κ1) is 63.6. The number of carbonyl (C=O) groups is 8. The van der Waals surface area contributed by atoms with E-state index >= 15 is 0 Å². The van der Waals surface area contributed by atoms with Gasteiger partial charge in [0.25, 0.3) is 0 Å². The molecule has 0 bridgehead atoms. The van der Waals surface area contributed by atoms with Crippen LogP contribution in [-0.4, -0.2) is 118 Å². The first-order valence-electron chi connectivity index (χ1n) is 27.8. The summed E-state index contributed by atoms with van der Waals surface area (Å²) in [6.07, 6.45) is -1.10. The Morgan fingerprint density at radius 2 is 0.976 bits per heavy atom. The van der Waals surface area contributed by atoms with Gasteiger partial charge in [-0.3, -0.25) is 24.0 Å². The SMILES string of the molecule is CC(C)(C)OC(=O)NCCCCC(NC(=O)OCC1c2ccccc2-c2ccccc21)C(=O)NCCOCCOCC(=O)NC(CCC(=O)OCc1ccccc1)C(=O)NC(CCC(=O)OCc1ccccc1)C(=O)OCc1ccccc1. The van der Waals surface area contributed by atoms with E-state index < -0.39 is 78.1 Å². The van der Waals surface area contributed by atoms with Crippen molar-refractivity contribution in [2.75, 3.05) is 46.1 Å². The van der Waals surface area contributed by atoms with Crippen LogP contribution in [0.1, 0.15) is 99.5 Å². The van der Waals surface area contributed by atoms with Crippen molar-refractivity contribution in [3.63, 3.8) is 0 Å². The lowest BCUT2D eigenvalue weighted by Gasteiger charge is -2.22. The summed E-state index contributed by atoms with van der Waals surface area (Å²) in [5.41, 5.74) is 5.77. The van der Waals surface area contributed by atoms with Crippen molar-refractivity contribution in [3.8, 4) is 11.1 Å². The minimum atomic E-state index is -1.36. The lowest BCUT2D eigenvalue weighted by Crippen LogP contribution is -2.52. The van der Waals surface area contributed by atoms with Crippen molar-refractivity contribution in [3.05, 3.63) is 167 Å². The van der Waals surface area contributed by atoms with Crippen molar-refractivity contribution in [2.45, 2.75) is 115 Å². The third-order valence-corrected chi connectivity index (χ3v) is 12.9. The number of rotatable bonds is 33. The number of ether oxygens (including phenoxy) is 7. The predicted octanol–water partition coefficient (Wildman–Crippen LogP) is 7.50. The highest BCUT2D eigenvalue weighted by atomic mass is 16.6. The second-order valence-electron chi connectivity index (χ2n) is 20.5. The summed E-state index contributed by atoms with van der Waals surface area (Å²) in [7, 11) is 0. The van der Waals surface area contributed by atoms with Crippen LogP contribution in [-0.2, 0) is 81.7 Å². The standard InChI is InChI=1S/C63H75N5O15/c1-63(2,3)83-61(75)65-34-18-17-29-52(68-62(76)82-42-51-49-27-15-13-25-47(49)48-26-14-16-28-50(48)51)58(72)64-35-36-77-37-38-78-43-55(69)66-53(30-32-56(70)79-39-44-19-7-4-8-20-44)59(73)67-54(60(74)81-41-46-23-11-6-12-24-46)31-33-57(71)80-40-45-21-9-5-10-22-45/h4-16,19-28,51-54H,17-18,29-43H2,1-3H3,(H,64,72)(H,65,75)(H,66,69)(H,67,73)(H,68,76). The molecule has 0 radical (unpaired) electrons. The van der Waals surface area contributed by atoms with Crippen LogP contribution in [0.2, 0.25) is 0 Å². The molecule has 0 aliphatic heterocycles. The maximum Gasteiger partial charge on any atom is 0.407 e. The smallest absolute Gasteiger partial charge is 0.407 e. The molecule has 5 aromatic carbocycles. The quantitative estimate of drug-likeness (QED) is 0.0155. The Kier molecular flexibility index (Phi) is 26.0. The van der Waals surface area contributed by atoms with Gasteiger partial charge in [-0.05, 0) is 91.8 Å². The molecule has 0 heterocycles. The van der Waals surface area contributed by atoms with Crippen molar-refractivity contribution < 1.29 is 71.5 Å². The van der Waals surface area contributed by atoms with Gasteiger partial charge >= 0.3 is 30.1 Å². The summed E-state index contributed by atoms with van der Waals surface area (Å²) < 4.78 is 38.6. The van der Waals surface area contributed by atoms with Crippen molar-refractivity contribution in [2.24, 2.45) is 0 Å². The predicted molar refractivity (Wildman–Crippen MR) is 306 cm³/mol. The number of unbranched alkanes of at least 4 members (excludes halogenated alkanes) is 1. The van der Waals surface area contributed by atoms with Crippen LogP contribution in [0.15, 0.2) is 140 Å². The summed E-state index contributed by atoms with van der Waals surface area (Å²) in [6.45, 7) is 5.04. The van der Waals surface area contributed by atoms with Crippen LogP contribution in [0.3, 0.4) is 0 Å². The van der Waals surface area contributed by atoms with Gasteiger partial charge in [-0.2, -0.15) is 0 Å². The Balaban J connectivity index is 0.976. The monoisotopic (exact) mass is 1140 g/mol. The molecule has 5 N–H and O–H groups in total. The van der Waals surface area contributed by atoms with Crippen molar-refractivity contribution >= 4 is 47.8 Å². The summed E-state index contributed by atoms with van der Waals surface area (Å²) in [5.74, 6) is -4.31. The Bertz CT molecular complexity index is 2840. The van der Waals surface area contributed by atoms with Gasteiger partial charge in [-0.15, -0.1) is 0 Å². The summed E-state index contributed by atoms with van der Waals surface area (Å²) in [4.78, 5) is 106. The molecular formula is C63H75N5O15. The summed E-state index contributed by atoms with van der Waals surface area (Å²) in [5, 5.41) is 13.4. The average molecular weight is 1140 g/mol. The number of nitrogens with one attached hydrogen (secondary N) is 5. The Morgan fingerprint density at radius 3 is 1.54 bits per heavy atom. The van der Waals surface area contributed by atoms with Crippen molar-refractivity contribution in [1.82, 2.24) is 26.6 Å². The highest BCUT2D eigenvalue weighted by Crippen LogP contribution is 2.44. The highest BCUT2D eigenvalue weighted by Gasteiger charge is 2.32. The van der Waals surface area contributed by atoms with Gasteiger partial charge in [-0.25, -0.2) is 14.4 Å². The van der Waals surface area contributed by atoms with Gasteiger partial charge in [-0.1, -0.05) is 140 Å². The van der Waals surface area contributed by atoms with Gasteiger partial charge in [0.05, 0.1) is 19.8 Å². The topological polar surface area (TPSA) is 261 Å². The number of amides is 5. The van der Waals surface area contributed by atoms with Crippen LogP contribution in [0.25, 0.3) is 11.1 Å². The number of hydrogen-bond donors (Lipinski definition) is 5. The van der Waals surface area contributed by atoms with E-state index in [4.69, 9.17) is 33.2 Å². The summed E-state index contributed by atoms with van der Waals surface area (Å²) >= 11 is 0. The van der Waals surface area contributed by atoms with Crippen LogP contribution in [0.5, 0.6) is 0 Å². The molecule has 0 aromatic heterocycles. The number of hydrogen-bond acceptors (Lipinski definition) is 15.